The summed E-state index contributed by atoms with van der Waals surface area (Å²) in [5, 5.41) is 7.75. The van der Waals surface area contributed by atoms with Crippen molar-refractivity contribution in [1.82, 2.24) is 15.6 Å². The lowest BCUT2D eigenvalue weighted by Gasteiger charge is -2.32. The Morgan fingerprint density at radius 1 is 1.34 bits per heavy atom. The number of pyridine rings is 1. The van der Waals surface area contributed by atoms with Crippen molar-refractivity contribution >= 4 is 53.4 Å². The molecule has 1 aromatic rings. The molecular formula is C20H33IN6OS. The lowest BCUT2D eigenvalue weighted by molar-refractivity contribution is -0.122. The normalized spacial score (nSPS) is 22.8. The number of aliphatic imine (C=N–C) groups is 1. The van der Waals surface area contributed by atoms with Gasteiger partial charge in [0, 0.05) is 55.7 Å². The monoisotopic (exact) mass is 532 g/mol. The van der Waals surface area contributed by atoms with E-state index in [1.807, 2.05) is 31.1 Å². The van der Waals surface area contributed by atoms with E-state index >= 15 is 0 Å². The average Bonchev–Trinajstić information content (AvgIpc) is 3.19. The second-order valence-corrected chi connectivity index (χ2v) is 8.73. The van der Waals surface area contributed by atoms with Crippen LogP contribution in [0.15, 0.2) is 23.3 Å². The SMILES string of the molecule is CN=C(NCc1cccnc1N1CCC(C(N)=O)CC1)NC1CCC(SC)C1.I. The average molecular weight is 532 g/mol. The number of amides is 1. The zero-order chi connectivity index (χ0) is 19.9. The third kappa shape index (κ3) is 6.63. The van der Waals surface area contributed by atoms with E-state index in [1.54, 1.807) is 0 Å². The van der Waals surface area contributed by atoms with Crippen LogP contribution in [0.3, 0.4) is 0 Å². The minimum atomic E-state index is -0.187. The predicted molar refractivity (Wildman–Crippen MR) is 132 cm³/mol. The number of hydrogen-bond acceptors (Lipinski definition) is 5. The minimum Gasteiger partial charge on any atom is -0.369 e. The number of nitrogens with one attached hydrogen (secondary N) is 2. The number of carbonyl (C=O) groups excluding carboxylic acids is 1. The molecule has 1 aromatic heterocycles. The van der Waals surface area contributed by atoms with E-state index in [2.05, 4.69) is 37.8 Å². The number of rotatable bonds is 6. The fourth-order valence-corrected chi connectivity index (χ4v) is 4.88. The molecule has 9 heteroatoms. The molecule has 1 aliphatic heterocycles. The number of piperidine rings is 1. The number of carbonyl (C=O) groups is 1. The number of guanidine groups is 1. The van der Waals surface area contributed by atoms with E-state index in [0.29, 0.717) is 12.6 Å². The molecule has 2 aliphatic rings. The van der Waals surface area contributed by atoms with Gasteiger partial charge in [0.25, 0.3) is 0 Å². The zero-order valence-corrected chi connectivity index (χ0v) is 20.4. The van der Waals surface area contributed by atoms with Crippen LogP contribution in [-0.4, -0.2) is 54.5 Å². The second-order valence-electron chi connectivity index (χ2n) is 7.59. The van der Waals surface area contributed by atoms with Crippen molar-refractivity contribution in [3.05, 3.63) is 23.9 Å². The lowest BCUT2D eigenvalue weighted by atomic mass is 9.96. The first-order chi connectivity index (χ1) is 13.6. The van der Waals surface area contributed by atoms with Crippen molar-refractivity contribution in [3.8, 4) is 0 Å². The molecule has 29 heavy (non-hydrogen) atoms. The molecule has 1 saturated carbocycles. The molecule has 7 nitrogen and oxygen atoms in total. The number of nitrogens with two attached hydrogens (primary N) is 1. The van der Waals surface area contributed by atoms with Crippen LogP contribution in [0.4, 0.5) is 5.82 Å². The Kier molecular flexibility index (Phi) is 9.81. The number of nitrogens with zero attached hydrogens (tertiary/aromatic N) is 3. The molecule has 0 aromatic carbocycles. The minimum absolute atomic E-state index is 0. The summed E-state index contributed by atoms with van der Waals surface area (Å²) in [6, 6.07) is 4.56. The fourth-order valence-electron chi connectivity index (χ4n) is 4.08. The van der Waals surface area contributed by atoms with Crippen LogP contribution in [0, 0.1) is 5.92 Å². The van der Waals surface area contributed by atoms with E-state index in [4.69, 9.17) is 5.73 Å². The standard InChI is InChI=1S/C20H32N6OS.HI/c1-22-20(25-16-5-6-17(12-16)28-2)24-13-15-4-3-9-23-19(15)26-10-7-14(8-11-26)18(21)27;/h3-4,9,14,16-17H,5-8,10-13H2,1-2H3,(H2,21,27)(H2,22,24,25);1H. The Bertz CT molecular complexity index is 695. The third-order valence-corrected chi connectivity index (χ3v) is 6.89. The van der Waals surface area contributed by atoms with Crippen LogP contribution in [0.2, 0.25) is 0 Å². The molecule has 0 radical (unpaired) electrons. The van der Waals surface area contributed by atoms with Crippen LogP contribution in [-0.2, 0) is 11.3 Å². The lowest BCUT2D eigenvalue weighted by Crippen LogP contribution is -2.43. The van der Waals surface area contributed by atoms with Gasteiger partial charge in [0.15, 0.2) is 5.96 Å². The Labute approximate surface area is 195 Å². The van der Waals surface area contributed by atoms with Gasteiger partial charge in [-0.3, -0.25) is 9.79 Å². The molecule has 2 fully saturated rings. The van der Waals surface area contributed by atoms with Gasteiger partial charge in [-0.05, 0) is 44.4 Å². The molecule has 0 spiro atoms. The number of primary amides is 1. The van der Waals surface area contributed by atoms with Crippen molar-refractivity contribution in [3.63, 3.8) is 0 Å². The molecular weight excluding hydrogens is 499 g/mol. The fraction of sp³-hybridized carbons (Fsp3) is 0.650. The van der Waals surface area contributed by atoms with Gasteiger partial charge in [-0.25, -0.2) is 4.98 Å². The Balaban J connectivity index is 0.00000300. The molecule has 1 saturated heterocycles. The highest BCUT2D eigenvalue weighted by atomic mass is 127. The first-order valence-electron chi connectivity index (χ1n) is 10.1. The van der Waals surface area contributed by atoms with Crippen LogP contribution in [0.25, 0.3) is 0 Å². The molecule has 2 unspecified atom stereocenters. The number of halogens is 1. The highest BCUT2D eigenvalue weighted by Gasteiger charge is 2.26. The first-order valence-corrected chi connectivity index (χ1v) is 11.4. The molecule has 1 amide bonds. The maximum atomic E-state index is 11.4. The topological polar surface area (TPSA) is 95.6 Å². The van der Waals surface area contributed by atoms with Crippen molar-refractivity contribution in [1.29, 1.82) is 0 Å². The second kappa shape index (κ2) is 11.8. The summed E-state index contributed by atoms with van der Waals surface area (Å²) in [4.78, 5) is 22.7. The van der Waals surface area contributed by atoms with E-state index in [-0.39, 0.29) is 35.8 Å². The van der Waals surface area contributed by atoms with E-state index in [1.165, 1.54) is 19.3 Å². The quantitative estimate of drug-likeness (QED) is 0.296. The summed E-state index contributed by atoms with van der Waals surface area (Å²) < 4.78 is 0. The largest absolute Gasteiger partial charge is 0.369 e. The van der Waals surface area contributed by atoms with Crippen molar-refractivity contribution in [2.45, 2.75) is 49.9 Å². The third-order valence-electron chi connectivity index (χ3n) is 5.79. The molecule has 4 N–H and O–H groups in total. The summed E-state index contributed by atoms with van der Waals surface area (Å²) in [6.07, 6.45) is 9.25. The first kappa shape index (κ1) is 24.0. The Morgan fingerprint density at radius 3 is 2.72 bits per heavy atom. The molecule has 2 atom stereocenters. The summed E-state index contributed by atoms with van der Waals surface area (Å²) in [6.45, 7) is 2.28. The van der Waals surface area contributed by atoms with Gasteiger partial charge in [0.05, 0.1) is 0 Å². The van der Waals surface area contributed by atoms with Gasteiger partial charge in [0.2, 0.25) is 5.91 Å². The van der Waals surface area contributed by atoms with E-state index in [9.17, 15) is 4.79 Å². The number of anilines is 1. The van der Waals surface area contributed by atoms with Crippen LogP contribution in [0.1, 0.15) is 37.7 Å². The van der Waals surface area contributed by atoms with Gasteiger partial charge in [0.1, 0.15) is 5.82 Å². The number of thioether (sulfide) groups is 1. The van der Waals surface area contributed by atoms with E-state index < -0.39 is 0 Å². The van der Waals surface area contributed by atoms with Crippen molar-refractivity contribution in [2.24, 2.45) is 16.6 Å². The summed E-state index contributed by atoms with van der Waals surface area (Å²) in [5.74, 6) is 1.62. The predicted octanol–water partition coefficient (Wildman–Crippen LogP) is 2.35. The van der Waals surface area contributed by atoms with Crippen LogP contribution >= 0.6 is 35.7 Å². The maximum Gasteiger partial charge on any atom is 0.220 e. The zero-order valence-electron chi connectivity index (χ0n) is 17.3. The highest BCUT2D eigenvalue weighted by Crippen LogP contribution is 2.28. The van der Waals surface area contributed by atoms with Crippen molar-refractivity contribution < 1.29 is 4.79 Å². The summed E-state index contributed by atoms with van der Waals surface area (Å²) in [5.41, 5.74) is 6.59. The molecule has 1 aliphatic carbocycles. The molecule has 162 valence electrons. The summed E-state index contributed by atoms with van der Waals surface area (Å²) >= 11 is 1.96. The maximum absolute atomic E-state index is 11.4. The number of aromatic nitrogens is 1. The van der Waals surface area contributed by atoms with E-state index in [0.717, 1.165) is 48.5 Å². The number of hydrogen-bond donors (Lipinski definition) is 3. The Morgan fingerprint density at radius 2 is 2.10 bits per heavy atom. The van der Waals surface area contributed by atoms with Crippen LogP contribution in [0.5, 0.6) is 0 Å². The Hall–Kier alpha value is -1.23. The molecule has 0 bridgehead atoms. The van der Waals surface area contributed by atoms with Gasteiger partial charge >= 0.3 is 0 Å². The van der Waals surface area contributed by atoms with Crippen LogP contribution < -0.4 is 21.3 Å². The van der Waals surface area contributed by atoms with Gasteiger partial charge in [-0.2, -0.15) is 11.8 Å². The van der Waals surface area contributed by atoms with Gasteiger partial charge in [-0.1, -0.05) is 6.07 Å². The van der Waals surface area contributed by atoms with Crippen molar-refractivity contribution in [2.75, 3.05) is 31.3 Å². The van der Waals surface area contributed by atoms with Gasteiger partial charge in [-0.15, -0.1) is 24.0 Å². The molecule has 3 rings (SSSR count). The smallest absolute Gasteiger partial charge is 0.220 e. The summed E-state index contributed by atoms with van der Waals surface area (Å²) in [7, 11) is 1.81. The highest BCUT2D eigenvalue weighted by molar-refractivity contribution is 14.0. The molecule has 2 heterocycles. The van der Waals surface area contributed by atoms with Gasteiger partial charge < -0.3 is 21.3 Å².